The number of benzene rings is 1. The van der Waals surface area contributed by atoms with Crippen LogP contribution < -0.4 is 5.32 Å². The van der Waals surface area contributed by atoms with Gasteiger partial charge in [-0.3, -0.25) is 9.48 Å². The molecule has 2 heterocycles. The smallest absolute Gasteiger partial charge is 0.409 e. The number of aromatic nitrogens is 2. The van der Waals surface area contributed by atoms with E-state index in [4.69, 9.17) is 4.74 Å². The Labute approximate surface area is 172 Å². The predicted octanol–water partition coefficient (Wildman–Crippen LogP) is 3.36. The van der Waals surface area contributed by atoms with Crippen LogP contribution >= 0.6 is 0 Å². The van der Waals surface area contributed by atoms with Crippen LogP contribution in [0.3, 0.4) is 0 Å². The van der Waals surface area contributed by atoms with Crippen molar-refractivity contribution in [1.82, 2.24) is 20.0 Å². The molecule has 0 unspecified atom stereocenters. The number of piperidine rings is 1. The quantitative estimate of drug-likeness (QED) is 0.857. The third-order valence-electron chi connectivity index (χ3n) is 5.40. The highest BCUT2D eigenvalue weighted by molar-refractivity contribution is 5.94. The zero-order chi connectivity index (χ0) is 21.1. The average molecular weight is 399 g/mol. The first kappa shape index (κ1) is 20.9. The summed E-state index contributed by atoms with van der Waals surface area (Å²) < 4.78 is 6.81. The number of hydrogen-bond acceptors (Lipinski definition) is 4. The zero-order valence-corrected chi connectivity index (χ0v) is 17.9. The summed E-state index contributed by atoms with van der Waals surface area (Å²) in [6.07, 6.45) is 1.14. The number of aryl methyl sites for hydroxylation is 4. The van der Waals surface area contributed by atoms with Crippen molar-refractivity contribution in [3.8, 4) is 11.3 Å². The Bertz CT molecular complexity index is 888. The van der Waals surface area contributed by atoms with E-state index >= 15 is 0 Å². The minimum absolute atomic E-state index is 0.0291. The molecule has 0 aliphatic carbocycles. The second-order valence-electron chi connectivity index (χ2n) is 7.75. The Balaban J connectivity index is 1.68. The lowest BCUT2D eigenvalue weighted by molar-refractivity contribution is 0.0856. The maximum Gasteiger partial charge on any atom is 0.409 e. The summed E-state index contributed by atoms with van der Waals surface area (Å²) in [5.41, 5.74) is 6.02. The summed E-state index contributed by atoms with van der Waals surface area (Å²) in [5.74, 6) is -0.177. The Morgan fingerprint density at radius 1 is 1.14 bits per heavy atom. The van der Waals surface area contributed by atoms with Crippen LogP contribution in [0.15, 0.2) is 18.2 Å². The second kappa shape index (κ2) is 8.68. The van der Waals surface area contributed by atoms with E-state index in [1.54, 1.807) is 16.5 Å². The number of nitrogens with one attached hydrogen (secondary N) is 1. The molecule has 1 aliphatic heterocycles. The van der Waals surface area contributed by atoms with Gasteiger partial charge in [0.05, 0.1) is 12.3 Å². The molecule has 0 radical (unpaired) electrons. The Morgan fingerprint density at radius 2 is 1.76 bits per heavy atom. The van der Waals surface area contributed by atoms with Crippen molar-refractivity contribution in [2.24, 2.45) is 7.05 Å². The van der Waals surface area contributed by atoms with Crippen LogP contribution in [0.5, 0.6) is 0 Å². The van der Waals surface area contributed by atoms with E-state index in [2.05, 4.69) is 43.3 Å². The first-order chi connectivity index (χ1) is 13.8. The number of carbonyl (C=O) groups excluding carboxylic acids is 2. The summed E-state index contributed by atoms with van der Waals surface area (Å²) in [4.78, 5) is 26.3. The molecular weight excluding hydrogens is 368 g/mol. The van der Waals surface area contributed by atoms with Crippen LogP contribution in [0.2, 0.25) is 0 Å². The first-order valence-corrected chi connectivity index (χ1v) is 10.1. The van der Waals surface area contributed by atoms with Gasteiger partial charge in [-0.25, -0.2) is 4.79 Å². The molecule has 1 aromatic heterocycles. The van der Waals surface area contributed by atoms with Crippen LogP contribution in [0.25, 0.3) is 11.3 Å². The fourth-order valence-corrected chi connectivity index (χ4v) is 4.08. The third kappa shape index (κ3) is 4.60. The van der Waals surface area contributed by atoms with E-state index in [0.29, 0.717) is 38.2 Å². The standard InChI is InChI=1S/C22H30N4O3/c1-6-29-22(28)26-9-7-17(8-10-26)23-21(27)18-13-19(25(5)24-18)20-15(3)11-14(2)12-16(20)4/h11-13,17H,6-10H2,1-5H3,(H,23,27). The molecule has 156 valence electrons. The van der Waals surface area contributed by atoms with Crippen molar-refractivity contribution in [3.05, 3.63) is 40.6 Å². The van der Waals surface area contributed by atoms with E-state index < -0.39 is 0 Å². The number of likely N-dealkylation sites (tertiary alicyclic amines) is 1. The number of rotatable bonds is 4. The fraction of sp³-hybridized carbons (Fsp3) is 0.500. The summed E-state index contributed by atoms with van der Waals surface area (Å²) in [5, 5.41) is 7.51. The second-order valence-corrected chi connectivity index (χ2v) is 7.75. The number of hydrogen-bond donors (Lipinski definition) is 1. The van der Waals surface area contributed by atoms with Crippen molar-refractivity contribution < 1.29 is 14.3 Å². The van der Waals surface area contributed by atoms with Gasteiger partial charge in [0.2, 0.25) is 0 Å². The van der Waals surface area contributed by atoms with E-state index in [-0.39, 0.29) is 18.0 Å². The molecule has 1 fully saturated rings. The molecule has 0 bridgehead atoms. The number of carbonyl (C=O) groups is 2. The third-order valence-corrected chi connectivity index (χ3v) is 5.40. The largest absolute Gasteiger partial charge is 0.450 e. The van der Waals surface area contributed by atoms with Crippen LogP contribution in [-0.2, 0) is 11.8 Å². The van der Waals surface area contributed by atoms with Gasteiger partial charge in [0, 0.05) is 31.7 Å². The summed E-state index contributed by atoms with van der Waals surface area (Å²) in [6, 6.07) is 6.17. The van der Waals surface area contributed by atoms with Crippen molar-refractivity contribution in [1.29, 1.82) is 0 Å². The average Bonchev–Trinajstić information content (AvgIpc) is 3.03. The number of amides is 2. The van der Waals surface area contributed by atoms with Gasteiger partial charge < -0.3 is 15.0 Å². The highest BCUT2D eigenvalue weighted by Gasteiger charge is 2.26. The van der Waals surface area contributed by atoms with Gasteiger partial charge in [0.1, 0.15) is 0 Å². The Morgan fingerprint density at radius 3 is 2.34 bits per heavy atom. The minimum atomic E-state index is -0.282. The lowest BCUT2D eigenvalue weighted by Crippen LogP contribution is -2.46. The van der Waals surface area contributed by atoms with Gasteiger partial charge in [0.15, 0.2) is 5.69 Å². The van der Waals surface area contributed by atoms with Crippen LogP contribution in [0.4, 0.5) is 4.79 Å². The lowest BCUT2D eigenvalue weighted by atomic mass is 9.97. The Kier molecular flexibility index (Phi) is 6.25. The van der Waals surface area contributed by atoms with Gasteiger partial charge in [-0.1, -0.05) is 17.7 Å². The molecule has 2 amide bonds. The molecule has 3 rings (SSSR count). The fourth-order valence-electron chi connectivity index (χ4n) is 4.08. The molecule has 0 spiro atoms. The van der Waals surface area contributed by atoms with Gasteiger partial charge in [-0.2, -0.15) is 5.10 Å². The van der Waals surface area contributed by atoms with Crippen molar-refractivity contribution >= 4 is 12.0 Å². The van der Waals surface area contributed by atoms with Crippen LogP contribution in [0.1, 0.15) is 46.9 Å². The van der Waals surface area contributed by atoms with Gasteiger partial charge in [-0.15, -0.1) is 0 Å². The molecule has 1 aromatic carbocycles. The van der Waals surface area contributed by atoms with E-state index in [0.717, 1.165) is 11.3 Å². The topological polar surface area (TPSA) is 76.5 Å². The molecule has 1 saturated heterocycles. The summed E-state index contributed by atoms with van der Waals surface area (Å²) >= 11 is 0. The van der Waals surface area contributed by atoms with Crippen LogP contribution in [0, 0.1) is 20.8 Å². The maximum absolute atomic E-state index is 12.8. The lowest BCUT2D eigenvalue weighted by Gasteiger charge is -2.31. The normalized spacial score (nSPS) is 14.7. The minimum Gasteiger partial charge on any atom is -0.450 e. The van der Waals surface area contributed by atoms with Crippen LogP contribution in [-0.4, -0.2) is 52.4 Å². The Hall–Kier alpha value is -2.83. The zero-order valence-electron chi connectivity index (χ0n) is 17.9. The van der Waals surface area contributed by atoms with Crippen molar-refractivity contribution in [2.75, 3.05) is 19.7 Å². The van der Waals surface area contributed by atoms with Gasteiger partial charge >= 0.3 is 6.09 Å². The molecule has 7 nitrogen and oxygen atoms in total. The maximum atomic E-state index is 12.8. The highest BCUT2D eigenvalue weighted by atomic mass is 16.6. The first-order valence-electron chi connectivity index (χ1n) is 10.1. The van der Waals surface area contributed by atoms with E-state index in [1.807, 2.05) is 13.1 Å². The van der Waals surface area contributed by atoms with Crippen molar-refractivity contribution in [3.63, 3.8) is 0 Å². The summed E-state index contributed by atoms with van der Waals surface area (Å²) in [7, 11) is 1.86. The number of nitrogens with zero attached hydrogens (tertiary/aromatic N) is 3. The highest BCUT2D eigenvalue weighted by Crippen LogP contribution is 2.28. The van der Waals surface area contributed by atoms with Crippen molar-refractivity contribution in [2.45, 2.75) is 46.6 Å². The monoisotopic (exact) mass is 398 g/mol. The molecule has 1 N–H and O–H groups in total. The van der Waals surface area contributed by atoms with Gasteiger partial charge in [-0.05, 0) is 57.7 Å². The summed E-state index contributed by atoms with van der Waals surface area (Å²) in [6.45, 7) is 9.58. The molecule has 1 aliphatic rings. The van der Waals surface area contributed by atoms with Gasteiger partial charge in [0.25, 0.3) is 5.91 Å². The van der Waals surface area contributed by atoms with E-state index in [1.165, 1.54) is 16.7 Å². The van der Waals surface area contributed by atoms with E-state index in [9.17, 15) is 9.59 Å². The molecule has 29 heavy (non-hydrogen) atoms. The number of ether oxygens (including phenoxy) is 1. The molecule has 2 aromatic rings. The molecule has 0 saturated carbocycles. The SMILES string of the molecule is CCOC(=O)N1CCC(NC(=O)c2cc(-c3c(C)cc(C)cc3C)n(C)n2)CC1. The molecule has 0 atom stereocenters. The molecule has 7 heteroatoms. The predicted molar refractivity (Wildman–Crippen MR) is 112 cm³/mol. The molecular formula is C22H30N4O3.